The van der Waals surface area contributed by atoms with E-state index in [2.05, 4.69) is 28.1 Å². The number of amides is 1. The topological polar surface area (TPSA) is 60.2 Å². The second kappa shape index (κ2) is 7.51. The van der Waals surface area contributed by atoms with Crippen LogP contribution in [0.4, 0.5) is 10.1 Å². The molecule has 1 aliphatic heterocycles. The van der Waals surface area contributed by atoms with Crippen molar-refractivity contribution in [2.75, 3.05) is 31.1 Å². The fraction of sp³-hybridized carbons (Fsp3) is 0.261. The zero-order valence-corrected chi connectivity index (χ0v) is 16.4. The molecule has 0 radical (unpaired) electrons. The maximum Gasteiger partial charge on any atom is 0.256 e. The summed E-state index contributed by atoms with van der Waals surface area (Å²) in [6.45, 7) is 6.12. The molecule has 0 atom stereocenters. The van der Waals surface area contributed by atoms with Crippen LogP contribution in [0.15, 0.2) is 42.6 Å². The monoisotopic (exact) mass is 388 g/mol. The van der Waals surface area contributed by atoms with E-state index < -0.39 is 5.82 Å². The molecule has 0 saturated carbocycles. The largest absolute Gasteiger partial charge is 0.366 e. The second-order valence-corrected chi connectivity index (χ2v) is 7.37. The number of rotatable bonds is 2. The Morgan fingerprint density at radius 3 is 2.55 bits per heavy atom. The van der Waals surface area contributed by atoms with E-state index in [1.807, 2.05) is 13.8 Å². The second-order valence-electron chi connectivity index (χ2n) is 7.37. The third-order valence-electron chi connectivity index (χ3n) is 5.39. The highest BCUT2D eigenvalue weighted by atomic mass is 19.1. The zero-order chi connectivity index (χ0) is 20.5. The van der Waals surface area contributed by atoms with Crippen molar-refractivity contribution in [3.05, 3.63) is 70.7 Å². The van der Waals surface area contributed by atoms with Gasteiger partial charge in [-0.05, 0) is 37.6 Å². The highest BCUT2D eigenvalue weighted by molar-refractivity contribution is 5.97. The standard InChI is InChI=1S/C23H21FN4O/c1-15-11-16(2)21-19(12-15)22(17(13-25)14-26-21)27-7-9-28(10-8-27)23(29)18-5-3-4-6-20(18)24/h3-6,11-12,14H,7-10H2,1-2H3. The van der Waals surface area contributed by atoms with Gasteiger partial charge in [0.2, 0.25) is 0 Å². The molecule has 0 aliphatic carbocycles. The van der Waals surface area contributed by atoms with Gasteiger partial charge in [-0.1, -0.05) is 23.8 Å². The van der Waals surface area contributed by atoms with Crippen molar-refractivity contribution >= 4 is 22.5 Å². The van der Waals surface area contributed by atoms with Crippen molar-refractivity contribution in [2.24, 2.45) is 0 Å². The van der Waals surface area contributed by atoms with Crippen LogP contribution in [0.3, 0.4) is 0 Å². The minimum absolute atomic E-state index is 0.0966. The number of halogens is 1. The number of hydrogen-bond donors (Lipinski definition) is 0. The van der Waals surface area contributed by atoms with E-state index in [0.29, 0.717) is 31.7 Å². The van der Waals surface area contributed by atoms with Gasteiger partial charge in [0.25, 0.3) is 5.91 Å². The molecule has 3 aromatic rings. The van der Waals surface area contributed by atoms with Gasteiger partial charge in [0.15, 0.2) is 0 Å². The van der Waals surface area contributed by atoms with Crippen molar-refractivity contribution in [1.82, 2.24) is 9.88 Å². The molecule has 0 unspecified atom stereocenters. The SMILES string of the molecule is Cc1cc(C)c2ncc(C#N)c(N3CCN(C(=O)c4ccccc4F)CC3)c2c1. The number of piperazine rings is 1. The van der Waals surface area contributed by atoms with E-state index >= 15 is 0 Å². The summed E-state index contributed by atoms with van der Waals surface area (Å²) in [4.78, 5) is 21.0. The molecule has 1 saturated heterocycles. The van der Waals surface area contributed by atoms with Crippen LogP contribution in [0.1, 0.15) is 27.0 Å². The first-order valence-electron chi connectivity index (χ1n) is 9.58. The Balaban J connectivity index is 1.64. The summed E-state index contributed by atoms with van der Waals surface area (Å²) in [5.74, 6) is -0.799. The van der Waals surface area contributed by atoms with Gasteiger partial charge in [0.05, 0.1) is 22.3 Å². The van der Waals surface area contributed by atoms with E-state index in [1.165, 1.54) is 12.1 Å². The first-order valence-corrected chi connectivity index (χ1v) is 9.58. The molecule has 4 rings (SSSR count). The molecule has 146 valence electrons. The van der Waals surface area contributed by atoms with Gasteiger partial charge in [-0.15, -0.1) is 0 Å². The lowest BCUT2D eigenvalue weighted by molar-refractivity contribution is 0.0742. The number of nitriles is 1. The van der Waals surface area contributed by atoms with Gasteiger partial charge in [0, 0.05) is 37.8 Å². The summed E-state index contributed by atoms with van der Waals surface area (Å²) in [5.41, 5.74) is 4.55. The number of aryl methyl sites for hydroxylation is 2. The van der Waals surface area contributed by atoms with Crippen LogP contribution in [0.25, 0.3) is 10.9 Å². The molecule has 0 N–H and O–H groups in total. The highest BCUT2D eigenvalue weighted by Crippen LogP contribution is 2.32. The number of benzene rings is 2. The van der Waals surface area contributed by atoms with Gasteiger partial charge in [-0.3, -0.25) is 9.78 Å². The molecule has 5 nitrogen and oxygen atoms in total. The average molecular weight is 388 g/mol. The highest BCUT2D eigenvalue weighted by Gasteiger charge is 2.26. The lowest BCUT2D eigenvalue weighted by Crippen LogP contribution is -2.49. The minimum Gasteiger partial charge on any atom is -0.366 e. The average Bonchev–Trinajstić information content (AvgIpc) is 2.73. The summed E-state index contributed by atoms with van der Waals surface area (Å²) in [6, 6.07) is 12.5. The van der Waals surface area contributed by atoms with Crippen LogP contribution < -0.4 is 4.90 Å². The Morgan fingerprint density at radius 2 is 1.86 bits per heavy atom. The van der Waals surface area contributed by atoms with Crippen molar-refractivity contribution in [2.45, 2.75) is 13.8 Å². The Bertz CT molecular complexity index is 1140. The molecule has 1 amide bonds. The van der Waals surface area contributed by atoms with Gasteiger partial charge >= 0.3 is 0 Å². The smallest absolute Gasteiger partial charge is 0.256 e. The molecule has 1 aliphatic rings. The Labute approximate surface area is 169 Å². The molecular weight excluding hydrogens is 367 g/mol. The summed E-state index contributed by atoms with van der Waals surface area (Å²) >= 11 is 0. The molecule has 2 aromatic carbocycles. The van der Waals surface area contributed by atoms with Crippen LogP contribution in [0, 0.1) is 31.0 Å². The Morgan fingerprint density at radius 1 is 1.14 bits per heavy atom. The number of carbonyl (C=O) groups is 1. The first kappa shape index (κ1) is 18.9. The molecule has 6 heteroatoms. The molecule has 0 spiro atoms. The number of nitrogens with zero attached hydrogens (tertiary/aromatic N) is 4. The van der Waals surface area contributed by atoms with Crippen LogP contribution in [0.2, 0.25) is 0 Å². The molecule has 29 heavy (non-hydrogen) atoms. The third-order valence-corrected chi connectivity index (χ3v) is 5.39. The molecule has 2 heterocycles. The Kier molecular flexibility index (Phi) is 4.89. The fourth-order valence-electron chi connectivity index (χ4n) is 4.01. The third kappa shape index (κ3) is 3.40. The lowest BCUT2D eigenvalue weighted by Gasteiger charge is -2.37. The van der Waals surface area contributed by atoms with Gasteiger partial charge < -0.3 is 9.80 Å². The predicted octanol–water partition coefficient (Wildman–Crippen LogP) is 3.82. The van der Waals surface area contributed by atoms with Crippen molar-refractivity contribution in [3.63, 3.8) is 0 Å². The fourth-order valence-corrected chi connectivity index (χ4v) is 4.01. The summed E-state index contributed by atoms with van der Waals surface area (Å²) in [5, 5.41) is 10.6. The number of hydrogen-bond acceptors (Lipinski definition) is 4. The van der Waals surface area contributed by atoms with Crippen LogP contribution in [-0.2, 0) is 0 Å². The van der Waals surface area contributed by atoms with E-state index in [9.17, 15) is 14.4 Å². The summed E-state index contributed by atoms with van der Waals surface area (Å²) in [7, 11) is 0. The van der Waals surface area contributed by atoms with E-state index in [-0.39, 0.29) is 11.5 Å². The van der Waals surface area contributed by atoms with E-state index in [0.717, 1.165) is 27.7 Å². The van der Waals surface area contributed by atoms with Crippen molar-refractivity contribution < 1.29 is 9.18 Å². The maximum atomic E-state index is 14.0. The quantitative estimate of drug-likeness (QED) is 0.670. The van der Waals surface area contributed by atoms with E-state index in [1.54, 1.807) is 23.2 Å². The van der Waals surface area contributed by atoms with Crippen LogP contribution in [-0.4, -0.2) is 42.0 Å². The van der Waals surface area contributed by atoms with Crippen molar-refractivity contribution in [3.8, 4) is 6.07 Å². The summed E-state index contributed by atoms with van der Waals surface area (Å²) < 4.78 is 14.0. The number of pyridine rings is 1. The minimum atomic E-state index is -0.502. The van der Waals surface area contributed by atoms with Gasteiger partial charge in [-0.25, -0.2) is 4.39 Å². The molecule has 1 fully saturated rings. The number of fused-ring (bicyclic) bond motifs is 1. The predicted molar refractivity (Wildman–Crippen MR) is 110 cm³/mol. The van der Waals surface area contributed by atoms with Crippen LogP contribution in [0.5, 0.6) is 0 Å². The Hall–Kier alpha value is -3.46. The molecule has 1 aromatic heterocycles. The maximum absolute atomic E-state index is 14.0. The van der Waals surface area contributed by atoms with Crippen LogP contribution >= 0.6 is 0 Å². The molecular formula is C23H21FN4O. The number of aromatic nitrogens is 1. The van der Waals surface area contributed by atoms with Gasteiger partial charge in [0.1, 0.15) is 11.9 Å². The normalized spacial score (nSPS) is 14.1. The van der Waals surface area contributed by atoms with Crippen molar-refractivity contribution in [1.29, 1.82) is 5.26 Å². The molecule has 0 bridgehead atoms. The number of anilines is 1. The number of carbonyl (C=O) groups excluding carboxylic acids is 1. The lowest BCUT2D eigenvalue weighted by atomic mass is 10.0. The van der Waals surface area contributed by atoms with E-state index in [4.69, 9.17) is 0 Å². The van der Waals surface area contributed by atoms with Gasteiger partial charge in [-0.2, -0.15) is 5.26 Å². The summed E-state index contributed by atoms with van der Waals surface area (Å²) in [6.07, 6.45) is 1.62. The zero-order valence-electron chi connectivity index (χ0n) is 16.4. The first-order chi connectivity index (χ1) is 14.0.